The average Bonchev–Trinajstić information content (AvgIpc) is 3.37. The molecule has 0 bridgehead atoms. The number of piperidine rings is 1. The van der Waals surface area contributed by atoms with Crippen molar-refractivity contribution in [3.8, 4) is 0 Å². The molecule has 4 rings (SSSR count). The van der Waals surface area contributed by atoms with E-state index < -0.39 is 0 Å². The van der Waals surface area contributed by atoms with Crippen LogP contribution in [0.15, 0.2) is 6.20 Å². The molecule has 3 aliphatic heterocycles. The quantitative estimate of drug-likeness (QED) is 0.791. The summed E-state index contributed by atoms with van der Waals surface area (Å²) in [5, 5.41) is 9.00. The Morgan fingerprint density at radius 1 is 0.889 bits per heavy atom. The van der Waals surface area contributed by atoms with Gasteiger partial charge in [-0.3, -0.25) is 4.90 Å². The van der Waals surface area contributed by atoms with Gasteiger partial charge in [0.1, 0.15) is 0 Å². The number of nitrogens with zero attached hydrogens (tertiary/aromatic N) is 5. The Labute approximate surface area is 164 Å². The summed E-state index contributed by atoms with van der Waals surface area (Å²) >= 11 is 0. The monoisotopic (exact) mass is 375 g/mol. The molecule has 4 heterocycles. The molecule has 0 N–H and O–H groups in total. The second-order valence-corrected chi connectivity index (χ2v) is 8.85. The van der Waals surface area contributed by atoms with Crippen LogP contribution in [0.3, 0.4) is 0 Å². The summed E-state index contributed by atoms with van der Waals surface area (Å²) < 4.78 is 7.68. The first-order valence-electron chi connectivity index (χ1n) is 11.3. The number of ether oxygens (including phenoxy) is 1. The van der Waals surface area contributed by atoms with E-state index in [9.17, 15) is 0 Å². The van der Waals surface area contributed by atoms with Crippen LogP contribution < -0.4 is 0 Å². The van der Waals surface area contributed by atoms with Crippen LogP contribution in [0.5, 0.6) is 0 Å². The molecule has 0 amide bonds. The molecule has 0 spiro atoms. The summed E-state index contributed by atoms with van der Waals surface area (Å²) in [5.74, 6) is 0.751. The molecule has 1 atom stereocenters. The van der Waals surface area contributed by atoms with Crippen molar-refractivity contribution in [2.75, 3.05) is 45.9 Å². The molecule has 152 valence electrons. The predicted octanol–water partition coefficient (Wildman–Crippen LogP) is 3.11. The van der Waals surface area contributed by atoms with Crippen LogP contribution in [-0.2, 0) is 11.3 Å². The third-order valence-electron chi connectivity index (χ3n) is 6.61. The molecule has 6 heteroatoms. The highest BCUT2D eigenvalue weighted by Crippen LogP contribution is 2.24. The molecule has 3 aliphatic rings. The Kier molecular flexibility index (Phi) is 7.15. The maximum atomic E-state index is 5.52. The topological polar surface area (TPSA) is 46.4 Å². The molecule has 27 heavy (non-hydrogen) atoms. The van der Waals surface area contributed by atoms with E-state index in [0.717, 1.165) is 31.4 Å². The van der Waals surface area contributed by atoms with Gasteiger partial charge >= 0.3 is 0 Å². The zero-order valence-corrected chi connectivity index (χ0v) is 16.9. The fourth-order valence-electron chi connectivity index (χ4n) is 4.90. The number of hydrogen-bond acceptors (Lipinski definition) is 5. The number of likely N-dealkylation sites (tertiary alicyclic amines) is 1. The minimum atomic E-state index is 0.526. The van der Waals surface area contributed by atoms with Crippen LogP contribution in [0, 0.1) is 5.92 Å². The smallest absolute Gasteiger partial charge is 0.0967 e. The highest BCUT2D eigenvalue weighted by Gasteiger charge is 2.25. The number of hydrogen-bond donors (Lipinski definition) is 0. The SMILES string of the molecule is c1c(CN2CCCCCCCC2)nnn1C1CCN(CC2CCOC2)CC1. The van der Waals surface area contributed by atoms with Crippen LogP contribution >= 0.6 is 0 Å². The van der Waals surface area contributed by atoms with E-state index in [1.807, 2.05) is 0 Å². The van der Waals surface area contributed by atoms with Gasteiger partial charge in [-0.2, -0.15) is 0 Å². The van der Waals surface area contributed by atoms with Gasteiger partial charge in [0.25, 0.3) is 0 Å². The Bertz CT molecular complexity index is 539. The van der Waals surface area contributed by atoms with Crippen LogP contribution in [0.4, 0.5) is 0 Å². The second-order valence-electron chi connectivity index (χ2n) is 8.85. The molecule has 1 unspecified atom stereocenters. The summed E-state index contributed by atoms with van der Waals surface area (Å²) in [4.78, 5) is 5.21. The summed E-state index contributed by atoms with van der Waals surface area (Å²) in [6, 6.07) is 0.526. The van der Waals surface area contributed by atoms with Gasteiger partial charge in [-0.25, -0.2) is 4.68 Å². The van der Waals surface area contributed by atoms with Gasteiger partial charge in [-0.1, -0.05) is 30.9 Å². The molecule has 1 aromatic rings. The Hall–Kier alpha value is -0.980. The van der Waals surface area contributed by atoms with E-state index in [-0.39, 0.29) is 0 Å². The summed E-state index contributed by atoms with van der Waals surface area (Å²) in [7, 11) is 0. The van der Waals surface area contributed by atoms with Crippen molar-refractivity contribution in [3.05, 3.63) is 11.9 Å². The van der Waals surface area contributed by atoms with Gasteiger partial charge in [-0.05, 0) is 51.1 Å². The van der Waals surface area contributed by atoms with E-state index >= 15 is 0 Å². The lowest BCUT2D eigenvalue weighted by molar-refractivity contribution is 0.139. The van der Waals surface area contributed by atoms with Crippen LogP contribution in [0.1, 0.15) is 69.5 Å². The largest absolute Gasteiger partial charge is 0.381 e. The normalized spacial score (nSPS) is 27.3. The lowest BCUT2D eigenvalue weighted by Crippen LogP contribution is -2.38. The minimum Gasteiger partial charge on any atom is -0.381 e. The van der Waals surface area contributed by atoms with Crippen molar-refractivity contribution in [1.82, 2.24) is 24.8 Å². The Balaban J connectivity index is 1.24. The fourth-order valence-corrected chi connectivity index (χ4v) is 4.90. The van der Waals surface area contributed by atoms with Crippen molar-refractivity contribution in [3.63, 3.8) is 0 Å². The van der Waals surface area contributed by atoms with E-state index in [4.69, 9.17) is 4.74 Å². The molecular formula is C21H37N5O. The molecule has 6 nitrogen and oxygen atoms in total. The molecule has 0 radical (unpaired) electrons. The fraction of sp³-hybridized carbons (Fsp3) is 0.905. The Morgan fingerprint density at radius 3 is 2.33 bits per heavy atom. The van der Waals surface area contributed by atoms with Crippen LogP contribution in [0.2, 0.25) is 0 Å². The first-order chi connectivity index (χ1) is 13.4. The standard InChI is InChI=1S/C21H37N5O/c1-2-4-6-11-24(10-5-3-1)16-20-17-26(23-22-20)21-7-12-25(13-8-21)15-19-9-14-27-18-19/h17,19,21H,1-16,18H2. The van der Waals surface area contributed by atoms with Gasteiger partial charge in [0, 0.05) is 32.8 Å². The minimum absolute atomic E-state index is 0.526. The zero-order chi connectivity index (χ0) is 18.3. The molecule has 3 fully saturated rings. The van der Waals surface area contributed by atoms with E-state index in [2.05, 4.69) is 31.0 Å². The average molecular weight is 376 g/mol. The second kappa shape index (κ2) is 9.99. The van der Waals surface area contributed by atoms with Crippen molar-refractivity contribution >= 4 is 0 Å². The molecule has 0 saturated carbocycles. The van der Waals surface area contributed by atoms with Crippen molar-refractivity contribution in [1.29, 1.82) is 0 Å². The Morgan fingerprint density at radius 2 is 1.63 bits per heavy atom. The summed E-state index contributed by atoms with van der Waals surface area (Å²) in [5.41, 5.74) is 1.15. The third kappa shape index (κ3) is 5.75. The van der Waals surface area contributed by atoms with Crippen molar-refractivity contribution < 1.29 is 4.74 Å². The maximum absolute atomic E-state index is 5.52. The van der Waals surface area contributed by atoms with Gasteiger partial charge in [0.15, 0.2) is 0 Å². The number of rotatable bonds is 5. The van der Waals surface area contributed by atoms with E-state index in [0.29, 0.717) is 6.04 Å². The lowest BCUT2D eigenvalue weighted by atomic mass is 10.0. The molecule has 0 aliphatic carbocycles. The summed E-state index contributed by atoms with van der Waals surface area (Å²) in [6.45, 7) is 8.91. The van der Waals surface area contributed by atoms with Crippen LogP contribution in [0.25, 0.3) is 0 Å². The first-order valence-corrected chi connectivity index (χ1v) is 11.3. The highest BCUT2D eigenvalue weighted by molar-refractivity contribution is 4.94. The van der Waals surface area contributed by atoms with Crippen molar-refractivity contribution in [2.45, 2.75) is 70.4 Å². The van der Waals surface area contributed by atoms with Gasteiger partial charge in [-0.15, -0.1) is 5.10 Å². The number of aromatic nitrogens is 3. The van der Waals surface area contributed by atoms with Crippen LogP contribution in [-0.4, -0.2) is 70.7 Å². The maximum Gasteiger partial charge on any atom is 0.0967 e. The molecule has 3 saturated heterocycles. The van der Waals surface area contributed by atoms with Gasteiger partial charge < -0.3 is 9.64 Å². The third-order valence-corrected chi connectivity index (χ3v) is 6.61. The van der Waals surface area contributed by atoms with Gasteiger partial charge in [0.2, 0.25) is 0 Å². The van der Waals surface area contributed by atoms with E-state index in [1.54, 1.807) is 0 Å². The van der Waals surface area contributed by atoms with Crippen molar-refractivity contribution in [2.24, 2.45) is 5.92 Å². The van der Waals surface area contributed by atoms with E-state index in [1.165, 1.54) is 90.5 Å². The highest BCUT2D eigenvalue weighted by atomic mass is 16.5. The summed E-state index contributed by atoms with van der Waals surface area (Å²) in [6.07, 6.45) is 14.1. The molecule has 1 aromatic heterocycles. The van der Waals surface area contributed by atoms with Gasteiger partial charge in [0.05, 0.1) is 24.5 Å². The predicted molar refractivity (Wildman–Crippen MR) is 107 cm³/mol. The lowest BCUT2D eigenvalue weighted by Gasteiger charge is -2.33. The zero-order valence-electron chi connectivity index (χ0n) is 16.9. The molecule has 0 aromatic carbocycles. The molecular weight excluding hydrogens is 338 g/mol. The first kappa shape index (κ1) is 19.3.